The molecule has 0 aliphatic carbocycles. The van der Waals surface area contributed by atoms with Crippen molar-refractivity contribution >= 4 is 17.3 Å². The molecule has 0 atom stereocenters. The van der Waals surface area contributed by atoms with Crippen molar-refractivity contribution in [1.82, 2.24) is 0 Å². The summed E-state index contributed by atoms with van der Waals surface area (Å²) in [5, 5.41) is 20.6. The third kappa shape index (κ3) is 5.86. The number of ether oxygens (including phenoxy) is 2. The van der Waals surface area contributed by atoms with Crippen molar-refractivity contribution in [3.63, 3.8) is 0 Å². The lowest BCUT2D eigenvalue weighted by atomic mass is 10.0. The van der Waals surface area contributed by atoms with Gasteiger partial charge in [0.2, 0.25) is 0 Å². The third-order valence-electron chi connectivity index (χ3n) is 5.06. The molecule has 3 aromatic carbocycles. The van der Waals surface area contributed by atoms with Crippen LogP contribution >= 0.6 is 0 Å². The number of rotatable bonds is 9. The van der Waals surface area contributed by atoms with Crippen LogP contribution in [0.25, 0.3) is 11.6 Å². The van der Waals surface area contributed by atoms with Crippen molar-refractivity contribution in [2.24, 2.45) is 0 Å². The summed E-state index contributed by atoms with van der Waals surface area (Å²) in [5.41, 5.74) is 4.80. The van der Waals surface area contributed by atoms with Crippen molar-refractivity contribution in [2.45, 2.75) is 20.0 Å². The standard InChI is InChI=1S/C27H24N2O4/c1-4-5-23-14-21(15-24(17-28)22-10-12-25(13-11-22)29(30)31)16-26(32-3)27(23)33-18-20-8-6-19(2)7-9-20/h4,6-16H,1,5,18H2,2-3H3/b24-15+. The molecule has 0 saturated carbocycles. The van der Waals surface area contributed by atoms with E-state index in [-0.39, 0.29) is 5.69 Å². The number of nitro groups is 1. The van der Waals surface area contributed by atoms with Crippen LogP contribution in [-0.2, 0) is 13.0 Å². The van der Waals surface area contributed by atoms with Crippen molar-refractivity contribution in [2.75, 3.05) is 7.11 Å². The van der Waals surface area contributed by atoms with Crippen LogP contribution in [0.2, 0.25) is 0 Å². The highest BCUT2D eigenvalue weighted by Crippen LogP contribution is 2.35. The number of nitro benzene ring substituents is 1. The molecule has 0 N–H and O–H groups in total. The molecule has 0 saturated heterocycles. The van der Waals surface area contributed by atoms with Gasteiger partial charge in [0.1, 0.15) is 6.61 Å². The zero-order chi connectivity index (χ0) is 23.8. The largest absolute Gasteiger partial charge is 0.493 e. The van der Waals surface area contributed by atoms with Gasteiger partial charge < -0.3 is 9.47 Å². The summed E-state index contributed by atoms with van der Waals surface area (Å²) in [6.45, 7) is 6.27. The molecule has 0 fully saturated rings. The van der Waals surface area contributed by atoms with Crippen molar-refractivity contribution in [3.8, 4) is 17.6 Å². The molecule has 0 unspecified atom stereocenters. The zero-order valence-electron chi connectivity index (χ0n) is 18.6. The molecule has 0 aliphatic rings. The monoisotopic (exact) mass is 440 g/mol. The molecule has 0 amide bonds. The van der Waals surface area contributed by atoms with Gasteiger partial charge in [0.25, 0.3) is 5.69 Å². The van der Waals surface area contributed by atoms with E-state index in [9.17, 15) is 15.4 Å². The second kappa shape index (κ2) is 10.8. The molecule has 0 bridgehead atoms. The van der Waals surface area contributed by atoms with Gasteiger partial charge >= 0.3 is 0 Å². The highest BCUT2D eigenvalue weighted by Gasteiger charge is 2.14. The molecular formula is C27H24N2O4. The summed E-state index contributed by atoms with van der Waals surface area (Å²) >= 11 is 0. The van der Waals surface area contributed by atoms with Crippen LogP contribution in [0.4, 0.5) is 5.69 Å². The average molecular weight is 440 g/mol. The van der Waals surface area contributed by atoms with E-state index in [1.807, 2.05) is 37.3 Å². The molecule has 3 rings (SSSR count). The van der Waals surface area contributed by atoms with E-state index in [1.165, 1.54) is 17.7 Å². The number of aryl methyl sites for hydroxylation is 1. The maximum absolute atomic E-state index is 10.9. The summed E-state index contributed by atoms with van der Waals surface area (Å²) in [6, 6.07) is 19.9. The minimum Gasteiger partial charge on any atom is -0.493 e. The predicted molar refractivity (Wildman–Crippen MR) is 129 cm³/mol. The van der Waals surface area contributed by atoms with Gasteiger partial charge in [-0.05, 0) is 60.4 Å². The Morgan fingerprint density at radius 2 is 1.85 bits per heavy atom. The van der Waals surface area contributed by atoms with Gasteiger partial charge in [0.05, 0.1) is 23.7 Å². The molecule has 0 radical (unpaired) electrons. The Bertz CT molecular complexity index is 1220. The van der Waals surface area contributed by atoms with E-state index >= 15 is 0 Å². The number of hydrogen-bond donors (Lipinski definition) is 0. The van der Waals surface area contributed by atoms with Gasteiger partial charge in [0, 0.05) is 17.7 Å². The molecule has 3 aromatic rings. The number of nitrogens with zero attached hydrogens (tertiary/aromatic N) is 2. The Balaban J connectivity index is 1.95. The van der Waals surface area contributed by atoms with Crippen LogP contribution in [0.15, 0.2) is 73.3 Å². The van der Waals surface area contributed by atoms with Gasteiger partial charge in [-0.15, -0.1) is 6.58 Å². The van der Waals surface area contributed by atoms with E-state index in [1.54, 1.807) is 37.5 Å². The maximum atomic E-state index is 10.9. The molecular weight excluding hydrogens is 416 g/mol. The molecule has 0 aliphatic heterocycles. The fourth-order valence-electron chi connectivity index (χ4n) is 3.34. The molecule has 0 heterocycles. The van der Waals surface area contributed by atoms with Crippen LogP contribution in [0.5, 0.6) is 11.5 Å². The van der Waals surface area contributed by atoms with Gasteiger partial charge in [0.15, 0.2) is 11.5 Å². The second-order valence-electron chi connectivity index (χ2n) is 7.45. The van der Waals surface area contributed by atoms with Gasteiger partial charge in [-0.3, -0.25) is 10.1 Å². The molecule has 166 valence electrons. The summed E-state index contributed by atoms with van der Waals surface area (Å²) in [4.78, 5) is 10.4. The number of benzene rings is 3. The van der Waals surface area contributed by atoms with E-state index in [2.05, 4.69) is 12.6 Å². The zero-order valence-corrected chi connectivity index (χ0v) is 18.6. The van der Waals surface area contributed by atoms with Gasteiger partial charge in [-0.2, -0.15) is 5.26 Å². The summed E-state index contributed by atoms with van der Waals surface area (Å²) in [6.07, 6.45) is 4.06. The predicted octanol–water partition coefficient (Wildman–Crippen LogP) is 6.28. The molecule has 0 spiro atoms. The highest BCUT2D eigenvalue weighted by atomic mass is 16.6. The average Bonchev–Trinajstić information content (AvgIpc) is 2.82. The van der Waals surface area contributed by atoms with E-state index < -0.39 is 4.92 Å². The molecule has 6 heteroatoms. The normalized spacial score (nSPS) is 10.9. The summed E-state index contributed by atoms with van der Waals surface area (Å²) in [7, 11) is 1.57. The number of methoxy groups -OCH3 is 1. The van der Waals surface area contributed by atoms with E-state index in [0.29, 0.717) is 35.7 Å². The minimum atomic E-state index is -0.471. The number of allylic oxidation sites excluding steroid dienone is 2. The minimum absolute atomic E-state index is 0.0268. The third-order valence-corrected chi connectivity index (χ3v) is 5.06. The Labute approximate surface area is 193 Å². The molecule has 6 nitrogen and oxygen atoms in total. The molecule has 33 heavy (non-hydrogen) atoms. The maximum Gasteiger partial charge on any atom is 0.269 e. The first kappa shape index (κ1) is 23.3. The Morgan fingerprint density at radius 1 is 1.15 bits per heavy atom. The smallest absolute Gasteiger partial charge is 0.269 e. The summed E-state index contributed by atoms with van der Waals surface area (Å²) < 4.78 is 11.7. The lowest BCUT2D eigenvalue weighted by Crippen LogP contribution is -2.02. The lowest BCUT2D eigenvalue weighted by Gasteiger charge is -2.16. The first-order valence-electron chi connectivity index (χ1n) is 10.3. The van der Waals surface area contributed by atoms with Gasteiger partial charge in [-0.1, -0.05) is 35.9 Å². The van der Waals surface area contributed by atoms with Crippen LogP contribution in [0.3, 0.4) is 0 Å². The Hall–Kier alpha value is -4.37. The van der Waals surface area contributed by atoms with Crippen LogP contribution in [-0.4, -0.2) is 12.0 Å². The number of hydrogen-bond acceptors (Lipinski definition) is 5. The van der Waals surface area contributed by atoms with Crippen LogP contribution in [0, 0.1) is 28.4 Å². The summed E-state index contributed by atoms with van der Waals surface area (Å²) in [5.74, 6) is 1.18. The first-order chi connectivity index (χ1) is 15.9. The molecule has 0 aromatic heterocycles. The number of nitriles is 1. The Morgan fingerprint density at radius 3 is 2.42 bits per heavy atom. The van der Waals surface area contributed by atoms with Crippen LogP contribution in [0.1, 0.15) is 27.8 Å². The lowest BCUT2D eigenvalue weighted by molar-refractivity contribution is -0.384. The second-order valence-corrected chi connectivity index (χ2v) is 7.45. The van der Waals surface area contributed by atoms with Crippen molar-refractivity contribution in [3.05, 3.63) is 111 Å². The van der Waals surface area contributed by atoms with Gasteiger partial charge in [-0.25, -0.2) is 0 Å². The fourth-order valence-corrected chi connectivity index (χ4v) is 3.34. The fraction of sp³-hybridized carbons (Fsp3) is 0.148. The van der Waals surface area contributed by atoms with Crippen molar-refractivity contribution in [1.29, 1.82) is 5.26 Å². The Kier molecular flexibility index (Phi) is 7.61. The van der Waals surface area contributed by atoms with E-state index in [0.717, 1.165) is 16.7 Å². The highest BCUT2D eigenvalue weighted by molar-refractivity contribution is 5.90. The SMILES string of the molecule is C=CCc1cc(/C=C(\C#N)c2ccc([N+](=O)[O-])cc2)cc(OC)c1OCc1ccc(C)cc1. The van der Waals surface area contributed by atoms with E-state index in [4.69, 9.17) is 9.47 Å². The van der Waals surface area contributed by atoms with Crippen molar-refractivity contribution < 1.29 is 14.4 Å². The quantitative estimate of drug-likeness (QED) is 0.128. The first-order valence-corrected chi connectivity index (χ1v) is 10.3. The topological polar surface area (TPSA) is 85.4 Å². The number of non-ortho nitro benzene ring substituents is 1. The van der Waals surface area contributed by atoms with Crippen LogP contribution < -0.4 is 9.47 Å².